The zero-order chi connectivity index (χ0) is 21.2. The Morgan fingerprint density at radius 1 is 0.903 bits per heavy atom. The van der Waals surface area contributed by atoms with E-state index in [0.717, 1.165) is 35.8 Å². The maximum Gasteiger partial charge on any atom is 0.231 e. The Balaban J connectivity index is 1.52. The monoisotopic (exact) mass is 435 g/mol. The van der Waals surface area contributed by atoms with Gasteiger partial charge in [-0.2, -0.15) is 9.97 Å². The van der Waals surface area contributed by atoms with Crippen LogP contribution in [0.3, 0.4) is 0 Å². The molecule has 0 unspecified atom stereocenters. The van der Waals surface area contributed by atoms with E-state index < -0.39 is 0 Å². The Hall–Kier alpha value is -3.36. The molecule has 8 nitrogen and oxygen atoms in total. The Bertz CT molecular complexity index is 1190. The minimum absolute atomic E-state index is 0.488. The highest BCUT2D eigenvalue weighted by Gasteiger charge is 2.20. The summed E-state index contributed by atoms with van der Waals surface area (Å²) in [6.45, 7) is 4.87. The van der Waals surface area contributed by atoms with Gasteiger partial charge in [0, 0.05) is 29.5 Å². The van der Waals surface area contributed by atoms with Crippen molar-refractivity contribution in [2.24, 2.45) is 0 Å². The number of hydrogen-bond donors (Lipinski definition) is 3. The molecule has 0 atom stereocenters. The summed E-state index contributed by atoms with van der Waals surface area (Å²) in [6.07, 6.45) is 0. The van der Waals surface area contributed by atoms with Crippen molar-refractivity contribution in [3.05, 3.63) is 59.1 Å². The summed E-state index contributed by atoms with van der Waals surface area (Å²) in [4.78, 5) is 19.6. The third-order valence-electron chi connectivity index (χ3n) is 5.05. The van der Waals surface area contributed by atoms with Crippen LogP contribution in [-0.4, -0.2) is 46.2 Å². The van der Waals surface area contributed by atoms with Crippen LogP contribution in [0.15, 0.2) is 48.5 Å². The fourth-order valence-corrected chi connectivity index (χ4v) is 3.56. The van der Waals surface area contributed by atoms with Crippen molar-refractivity contribution in [1.82, 2.24) is 19.9 Å². The Labute approximate surface area is 184 Å². The molecule has 0 radical (unpaired) electrons. The first-order chi connectivity index (χ1) is 15.1. The van der Waals surface area contributed by atoms with Crippen LogP contribution in [0.5, 0.6) is 0 Å². The standard InChI is InChI=1S/C22H22ClN7O/c1-14-2-6-16(7-3-14)24-21-26-18-19(27-21)28-22(25-17-8-4-15(23)5-9-17)29-20(18)30-10-12-31-13-11-30/h2-9H,10-13H2,1H3,(H3,24,25,26,27,28,29). The predicted octanol–water partition coefficient (Wildman–Crippen LogP) is 4.64. The fourth-order valence-electron chi connectivity index (χ4n) is 3.43. The van der Waals surface area contributed by atoms with E-state index in [-0.39, 0.29) is 0 Å². The lowest BCUT2D eigenvalue weighted by atomic mass is 10.2. The molecule has 1 aliphatic heterocycles. The number of imidazole rings is 1. The molecular formula is C22H22ClN7O. The maximum atomic E-state index is 6.00. The molecule has 4 aromatic rings. The Morgan fingerprint density at radius 3 is 2.32 bits per heavy atom. The summed E-state index contributed by atoms with van der Waals surface area (Å²) in [5, 5.41) is 7.25. The highest BCUT2D eigenvalue weighted by molar-refractivity contribution is 6.30. The van der Waals surface area contributed by atoms with E-state index in [0.29, 0.717) is 35.8 Å². The van der Waals surface area contributed by atoms with Crippen LogP contribution in [0.4, 0.5) is 29.1 Å². The van der Waals surface area contributed by atoms with Gasteiger partial charge in [-0.1, -0.05) is 29.3 Å². The number of aromatic amines is 1. The summed E-state index contributed by atoms with van der Waals surface area (Å²) >= 11 is 6.00. The number of hydrogen-bond acceptors (Lipinski definition) is 7. The summed E-state index contributed by atoms with van der Waals surface area (Å²) in [7, 11) is 0. The van der Waals surface area contributed by atoms with Crippen molar-refractivity contribution in [2.75, 3.05) is 41.8 Å². The number of ether oxygens (including phenoxy) is 1. The van der Waals surface area contributed by atoms with Crippen LogP contribution >= 0.6 is 11.6 Å². The molecule has 5 rings (SSSR count). The minimum Gasteiger partial charge on any atom is -0.378 e. The van der Waals surface area contributed by atoms with Crippen LogP contribution in [0.1, 0.15) is 5.56 Å². The van der Waals surface area contributed by atoms with Gasteiger partial charge < -0.3 is 25.3 Å². The highest BCUT2D eigenvalue weighted by Crippen LogP contribution is 2.28. The van der Waals surface area contributed by atoms with Crippen molar-refractivity contribution in [2.45, 2.75) is 6.92 Å². The molecule has 3 N–H and O–H groups in total. The van der Waals surface area contributed by atoms with Gasteiger partial charge in [-0.3, -0.25) is 0 Å². The van der Waals surface area contributed by atoms with Crippen LogP contribution in [0, 0.1) is 6.92 Å². The molecule has 2 aromatic heterocycles. The van der Waals surface area contributed by atoms with Crippen molar-refractivity contribution in [1.29, 1.82) is 0 Å². The summed E-state index contributed by atoms with van der Waals surface area (Å²) in [5.41, 5.74) is 4.38. The average Bonchev–Trinajstić information content (AvgIpc) is 3.19. The molecule has 3 heterocycles. The normalized spacial score (nSPS) is 14.1. The van der Waals surface area contributed by atoms with Crippen LogP contribution in [0.25, 0.3) is 11.2 Å². The molecule has 1 saturated heterocycles. The number of rotatable bonds is 5. The summed E-state index contributed by atoms with van der Waals surface area (Å²) < 4.78 is 5.51. The molecule has 9 heteroatoms. The number of anilines is 5. The van der Waals surface area contributed by atoms with Crippen molar-refractivity contribution < 1.29 is 4.74 Å². The number of fused-ring (bicyclic) bond motifs is 1. The topological polar surface area (TPSA) is 91.0 Å². The second-order valence-electron chi connectivity index (χ2n) is 7.38. The Morgan fingerprint density at radius 2 is 1.58 bits per heavy atom. The molecule has 31 heavy (non-hydrogen) atoms. The van der Waals surface area contributed by atoms with Gasteiger partial charge in [0.15, 0.2) is 17.0 Å². The van der Waals surface area contributed by atoms with E-state index in [9.17, 15) is 0 Å². The zero-order valence-electron chi connectivity index (χ0n) is 17.0. The van der Waals surface area contributed by atoms with Gasteiger partial charge in [0.05, 0.1) is 13.2 Å². The van der Waals surface area contributed by atoms with Crippen LogP contribution in [0.2, 0.25) is 5.02 Å². The quantitative estimate of drug-likeness (QED) is 0.420. The summed E-state index contributed by atoms with van der Waals surface area (Å²) in [6, 6.07) is 15.6. The van der Waals surface area contributed by atoms with Gasteiger partial charge >= 0.3 is 0 Å². The molecule has 0 saturated carbocycles. The number of benzene rings is 2. The average molecular weight is 436 g/mol. The van der Waals surface area contributed by atoms with Gasteiger partial charge in [-0.25, -0.2) is 4.98 Å². The lowest BCUT2D eigenvalue weighted by molar-refractivity contribution is 0.122. The van der Waals surface area contributed by atoms with Gasteiger partial charge in [0.1, 0.15) is 0 Å². The predicted molar refractivity (Wildman–Crippen MR) is 124 cm³/mol. The third-order valence-corrected chi connectivity index (χ3v) is 5.30. The first kappa shape index (κ1) is 19.6. The van der Waals surface area contributed by atoms with E-state index in [1.54, 1.807) is 0 Å². The molecule has 1 aliphatic rings. The van der Waals surface area contributed by atoms with Crippen molar-refractivity contribution in [3.8, 4) is 0 Å². The molecule has 1 fully saturated rings. The number of nitrogens with zero attached hydrogens (tertiary/aromatic N) is 4. The van der Waals surface area contributed by atoms with E-state index in [2.05, 4.69) is 44.6 Å². The number of H-pyrrole nitrogens is 1. The highest BCUT2D eigenvalue weighted by atomic mass is 35.5. The molecule has 158 valence electrons. The number of aromatic nitrogens is 4. The van der Waals surface area contributed by atoms with Crippen molar-refractivity contribution >= 4 is 51.9 Å². The first-order valence-electron chi connectivity index (χ1n) is 10.1. The number of halogens is 1. The molecule has 0 amide bonds. The van der Waals surface area contributed by atoms with Gasteiger partial charge in [0.2, 0.25) is 11.9 Å². The lowest BCUT2D eigenvalue weighted by Crippen LogP contribution is -2.37. The first-order valence-corrected chi connectivity index (χ1v) is 10.5. The second kappa shape index (κ2) is 8.41. The maximum absolute atomic E-state index is 6.00. The molecule has 2 aromatic carbocycles. The fraction of sp³-hybridized carbons (Fsp3) is 0.227. The molecular weight excluding hydrogens is 414 g/mol. The van der Waals surface area contributed by atoms with Gasteiger partial charge in [-0.15, -0.1) is 0 Å². The largest absolute Gasteiger partial charge is 0.378 e. The Kier molecular flexibility index (Phi) is 5.31. The lowest BCUT2D eigenvalue weighted by Gasteiger charge is -2.28. The van der Waals surface area contributed by atoms with Gasteiger partial charge in [0.25, 0.3) is 0 Å². The van der Waals surface area contributed by atoms with Crippen molar-refractivity contribution in [3.63, 3.8) is 0 Å². The zero-order valence-corrected chi connectivity index (χ0v) is 17.8. The van der Waals surface area contributed by atoms with Crippen LogP contribution in [-0.2, 0) is 4.74 Å². The smallest absolute Gasteiger partial charge is 0.231 e. The van der Waals surface area contributed by atoms with E-state index >= 15 is 0 Å². The number of aryl methyl sites for hydroxylation is 1. The molecule has 0 spiro atoms. The van der Waals surface area contributed by atoms with Crippen LogP contribution < -0.4 is 15.5 Å². The number of morpholine rings is 1. The van der Waals surface area contributed by atoms with E-state index in [1.807, 2.05) is 36.4 Å². The van der Waals surface area contributed by atoms with Gasteiger partial charge in [-0.05, 0) is 43.3 Å². The molecule has 0 bridgehead atoms. The number of nitrogens with one attached hydrogen (secondary N) is 3. The summed E-state index contributed by atoms with van der Waals surface area (Å²) in [5.74, 6) is 1.88. The van der Waals surface area contributed by atoms with E-state index in [4.69, 9.17) is 26.3 Å². The SMILES string of the molecule is Cc1ccc(Nc2nc3c(N4CCOCC4)nc(Nc4ccc(Cl)cc4)nc3[nH]2)cc1. The third kappa shape index (κ3) is 4.40. The minimum atomic E-state index is 0.488. The van der Waals surface area contributed by atoms with E-state index in [1.165, 1.54) is 5.56 Å². The molecule has 0 aliphatic carbocycles. The second-order valence-corrected chi connectivity index (χ2v) is 7.81.